The van der Waals surface area contributed by atoms with Crippen molar-refractivity contribution in [3.05, 3.63) is 78.9 Å². The molecule has 1 fully saturated rings. The summed E-state index contributed by atoms with van der Waals surface area (Å²) < 4.78 is 12.2. The molecule has 0 amide bonds. The molecule has 2 aromatic rings. The summed E-state index contributed by atoms with van der Waals surface area (Å²) in [6.07, 6.45) is 3.26. The molecule has 4 rings (SSSR count). The largest absolute Gasteiger partial charge is 0.365 e. The van der Waals surface area contributed by atoms with Crippen LogP contribution in [0.2, 0.25) is 0 Å². The average molecular weight is 346 g/mol. The lowest BCUT2D eigenvalue weighted by molar-refractivity contribution is -0.196. The topological polar surface area (TPSA) is 35.5 Å². The number of hydrogen-bond donors (Lipinski definition) is 0. The van der Waals surface area contributed by atoms with Gasteiger partial charge in [0.15, 0.2) is 5.78 Å². The van der Waals surface area contributed by atoms with Crippen LogP contribution in [0, 0.1) is 0 Å². The van der Waals surface area contributed by atoms with Crippen LogP contribution in [-0.4, -0.2) is 30.2 Å². The molecule has 0 N–H and O–H groups in total. The fraction of sp³-hybridized carbons (Fsp3) is 0.261. The molecule has 3 nitrogen and oxygen atoms in total. The number of hydrogen-bond acceptors (Lipinski definition) is 3. The Labute approximate surface area is 154 Å². The molecule has 1 heterocycles. The third kappa shape index (κ3) is 3.16. The molecule has 0 spiro atoms. The summed E-state index contributed by atoms with van der Waals surface area (Å²) in [7, 11) is 0. The molecule has 3 atom stereocenters. The van der Waals surface area contributed by atoms with E-state index in [1.165, 1.54) is 11.1 Å². The first kappa shape index (κ1) is 17.0. The van der Waals surface area contributed by atoms with E-state index in [-0.39, 0.29) is 18.0 Å². The second-order valence-corrected chi connectivity index (χ2v) is 7.08. The standard InChI is InChI=1S/C23H22O3/c1-16(17-8-10-19(11-9-17)18-6-4-3-5-7-18)21-15-25-23(2)13-12-20(24)14-22(23)26-21/h3-13,21-22H,1,14-15H2,2H3/t21-,22-,23+/m1/s1. The molecule has 1 aliphatic heterocycles. The van der Waals surface area contributed by atoms with Gasteiger partial charge in [0, 0.05) is 6.42 Å². The number of allylic oxidation sites excluding steroid dienone is 1. The molecular weight excluding hydrogens is 324 g/mol. The molecule has 26 heavy (non-hydrogen) atoms. The Morgan fingerprint density at radius 2 is 1.77 bits per heavy atom. The van der Waals surface area contributed by atoms with E-state index in [1.54, 1.807) is 6.08 Å². The van der Waals surface area contributed by atoms with Crippen LogP contribution in [0.3, 0.4) is 0 Å². The van der Waals surface area contributed by atoms with Gasteiger partial charge in [0.25, 0.3) is 0 Å². The van der Waals surface area contributed by atoms with Crippen LogP contribution in [0.25, 0.3) is 16.7 Å². The Kier molecular flexibility index (Phi) is 4.35. The van der Waals surface area contributed by atoms with Gasteiger partial charge in [-0.2, -0.15) is 0 Å². The van der Waals surface area contributed by atoms with Gasteiger partial charge < -0.3 is 9.47 Å². The molecule has 0 saturated carbocycles. The van der Waals surface area contributed by atoms with Crippen LogP contribution in [0.15, 0.2) is 73.3 Å². The van der Waals surface area contributed by atoms with Gasteiger partial charge in [0.2, 0.25) is 0 Å². The van der Waals surface area contributed by atoms with Crippen LogP contribution in [0.5, 0.6) is 0 Å². The smallest absolute Gasteiger partial charge is 0.158 e. The molecule has 2 aliphatic rings. The minimum absolute atomic E-state index is 0.0783. The first-order valence-electron chi connectivity index (χ1n) is 8.91. The van der Waals surface area contributed by atoms with Gasteiger partial charge in [-0.05, 0) is 41.3 Å². The minimum atomic E-state index is -0.526. The van der Waals surface area contributed by atoms with Gasteiger partial charge in [-0.15, -0.1) is 0 Å². The molecule has 1 aliphatic carbocycles. The van der Waals surface area contributed by atoms with Crippen molar-refractivity contribution >= 4 is 11.4 Å². The van der Waals surface area contributed by atoms with Crippen molar-refractivity contribution in [2.24, 2.45) is 0 Å². The van der Waals surface area contributed by atoms with Crippen LogP contribution in [0.4, 0.5) is 0 Å². The van der Waals surface area contributed by atoms with Crippen molar-refractivity contribution in [1.29, 1.82) is 0 Å². The second kappa shape index (κ2) is 6.67. The number of carbonyl (C=O) groups excluding carboxylic acids is 1. The minimum Gasteiger partial charge on any atom is -0.365 e. The lowest BCUT2D eigenvalue weighted by Crippen LogP contribution is -2.53. The predicted octanol–water partition coefficient (Wildman–Crippen LogP) is 4.44. The molecule has 0 aromatic heterocycles. The fourth-order valence-electron chi connectivity index (χ4n) is 3.51. The lowest BCUT2D eigenvalue weighted by Gasteiger charge is -2.44. The maximum Gasteiger partial charge on any atom is 0.158 e. The molecule has 0 radical (unpaired) electrons. The SMILES string of the molecule is C=C(c1ccc(-c2ccccc2)cc1)[C@H]1CO[C@@]2(C)C=CC(=O)C[C@H]2O1. The van der Waals surface area contributed by atoms with Crippen molar-refractivity contribution in [3.63, 3.8) is 0 Å². The maximum atomic E-state index is 11.7. The number of ether oxygens (including phenoxy) is 2. The normalized spacial score (nSPS) is 27.8. The summed E-state index contributed by atoms with van der Waals surface area (Å²) in [5.41, 5.74) is 3.74. The van der Waals surface area contributed by atoms with E-state index < -0.39 is 5.60 Å². The summed E-state index contributed by atoms with van der Waals surface area (Å²) in [5, 5.41) is 0. The first-order chi connectivity index (χ1) is 12.5. The van der Waals surface area contributed by atoms with E-state index in [9.17, 15) is 4.79 Å². The van der Waals surface area contributed by atoms with Crippen LogP contribution < -0.4 is 0 Å². The fourth-order valence-corrected chi connectivity index (χ4v) is 3.51. The summed E-state index contributed by atoms with van der Waals surface area (Å²) in [6, 6.07) is 18.6. The van der Waals surface area contributed by atoms with Crippen molar-refractivity contribution < 1.29 is 14.3 Å². The van der Waals surface area contributed by atoms with E-state index in [0.29, 0.717) is 13.0 Å². The zero-order valence-electron chi connectivity index (χ0n) is 14.9. The van der Waals surface area contributed by atoms with Crippen LogP contribution >= 0.6 is 0 Å². The Morgan fingerprint density at radius 3 is 2.50 bits per heavy atom. The van der Waals surface area contributed by atoms with Crippen molar-refractivity contribution in [3.8, 4) is 11.1 Å². The van der Waals surface area contributed by atoms with E-state index in [4.69, 9.17) is 9.47 Å². The highest BCUT2D eigenvalue weighted by molar-refractivity contribution is 5.91. The lowest BCUT2D eigenvalue weighted by atomic mass is 9.87. The first-order valence-corrected chi connectivity index (χ1v) is 8.91. The molecule has 132 valence electrons. The number of fused-ring (bicyclic) bond motifs is 1. The number of ketones is 1. The van der Waals surface area contributed by atoms with Crippen LogP contribution in [-0.2, 0) is 14.3 Å². The summed E-state index contributed by atoms with van der Waals surface area (Å²) in [6.45, 7) is 6.62. The Bertz CT molecular complexity index is 851. The van der Waals surface area contributed by atoms with Crippen molar-refractivity contribution in [1.82, 2.24) is 0 Å². The van der Waals surface area contributed by atoms with E-state index in [2.05, 4.69) is 43.0 Å². The van der Waals surface area contributed by atoms with E-state index >= 15 is 0 Å². The summed E-state index contributed by atoms with van der Waals surface area (Å²) >= 11 is 0. The van der Waals surface area contributed by atoms with Gasteiger partial charge >= 0.3 is 0 Å². The van der Waals surface area contributed by atoms with Gasteiger partial charge in [-0.1, -0.05) is 61.2 Å². The predicted molar refractivity (Wildman–Crippen MR) is 103 cm³/mol. The van der Waals surface area contributed by atoms with Crippen molar-refractivity contribution in [2.75, 3.05) is 6.61 Å². The Morgan fingerprint density at radius 1 is 1.08 bits per heavy atom. The molecule has 1 saturated heterocycles. The second-order valence-electron chi connectivity index (χ2n) is 7.08. The zero-order chi connectivity index (χ0) is 18.1. The molecule has 2 aromatic carbocycles. The van der Waals surface area contributed by atoms with E-state index in [1.807, 2.05) is 31.2 Å². The number of benzene rings is 2. The van der Waals surface area contributed by atoms with Crippen LogP contribution in [0.1, 0.15) is 18.9 Å². The highest BCUT2D eigenvalue weighted by Crippen LogP contribution is 2.36. The maximum absolute atomic E-state index is 11.7. The van der Waals surface area contributed by atoms with Gasteiger partial charge in [0.1, 0.15) is 11.7 Å². The van der Waals surface area contributed by atoms with Gasteiger partial charge in [-0.25, -0.2) is 0 Å². The highest BCUT2D eigenvalue weighted by atomic mass is 16.6. The van der Waals surface area contributed by atoms with Gasteiger partial charge in [-0.3, -0.25) is 4.79 Å². The summed E-state index contributed by atoms with van der Waals surface area (Å²) in [4.78, 5) is 11.7. The number of carbonyl (C=O) groups is 1. The zero-order valence-corrected chi connectivity index (χ0v) is 14.9. The third-order valence-corrected chi connectivity index (χ3v) is 5.25. The monoisotopic (exact) mass is 346 g/mol. The van der Waals surface area contributed by atoms with Gasteiger partial charge in [0.05, 0.1) is 12.7 Å². The average Bonchev–Trinajstić information content (AvgIpc) is 2.68. The molecule has 0 bridgehead atoms. The van der Waals surface area contributed by atoms with E-state index in [0.717, 1.165) is 11.1 Å². The highest BCUT2D eigenvalue weighted by Gasteiger charge is 2.44. The summed E-state index contributed by atoms with van der Waals surface area (Å²) in [5.74, 6) is 0.0783. The van der Waals surface area contributed by atoms with Crippen molar-refractivity contribution in [2.45, 2.75) is 31.2 Å². The number of rotatable bonds is 3. The molecular formula is C23H22O3. The Balaban J connectivity index is 1.50. The molecule has 3 heteroatoms. The molecule has 0 unspecified atom stereocenters. The Hall–Kier alpha value is -2.49. The quantitative estimate of drug-likeness (QED) is 0.824. The third-order valence-electron chi connectivity index (χ3n) is 5.25.